The number of aromatic nitrogens is 1. The van der Waals surface area contributed by atoms with Crippen molar-refractivity contribution in [2.24, 2.45) is 0 Å². The molecule has 0 unspecified atom stereocenters. The molecule has 5 nitrogen and oxygen atoms in total. The molecule has 0 aliphatic heterocycles. The maximum Gasteiger partial charge on any atom is 0.310 e. The van der Waals surface area contributed by atoms with Gasteiger partial charge < -0.3 is 14.6 Å². The molecule has 2 aromatic carbocycles. The third-order valence-electron chi connectivity index (χ3n) is 4.33. The van der Waals surface area contributed by atoms with Crippen LogP contribution >= 0.6 is 0 Å². The third-order valence-corrected chi connectivity index (χ3v) is 4.33. The fourth-order valence-electron chi connectivity index (χ4n) is 2.79. The van der Waals surface area contributed by atoms with Crippen LogP contribution in [0.1, 0.15) is 16.7 Å². The van der Waals surface area contributed by atoms with Gasteiger partial charge >= 0.3 is 5.97 Å². The van der Waals surface area contributed by atoms with Crippen molar-refractivity contribution in [3.63, 3.8) is 0 Å². The molecule has 1 aromatic heterocycles. The van der Waals surface area contributed by atoms with Gasteiger partial charge in [-0.1, -0.05) is 48.0 Å². The molecular formula is C21H22N2O3. The normalized spacial score (nSPS) is 10.7. The van der Waals surface area contributed by atoms with Gasteiger partial charge in [-0.25, -0.2) is 0 Å². The summed E-state index contributed by atoms with van der Waals surface area (Å²) in [5, 5.41) is 0.993. The maximum atomic E-state index is 12.2. The van der Waals surface area contributed by atoms with Gasteiger partial charge in [0.1, 0.15) is 0 Å². The lowest BCUT2D eigenvalue weighted by molar-refractivity contribution is -0.151. The van der Waals surface area contributed by atoms with E-state index in [1.807, 2.05) is 55.5 Å². The number of amides is 1. The molecule has 0 atom stereocenters. The van der Waals surface area contributed by atoms with Crippen LogP contribution in [0, 0.1) is 6.92 Å². The van der Waals surface area contributed by atoms with E-state index in [4.69, 9.17) is 4.74 Å². The van der Waals surface area contributed by atoms with Crippen molar-refractivity contribution in [1.82, 2.24) is 9.88 Å². The number of aromatic amines is 1. The van der Waals surface area contributed by atoms with Crippen molar-refractivity contribution in [2.45, 2.75) is 19.9 Å². The first-order chi connectivity index (χ1) is 12.5. The second-order valence-electron chi connectivity index (χ2n) is 6.43. The van der Waals surface area contributed by atoms with Gasteiger partial charge in [-0.2, -0.15) is 0 Å². The molecule has 134 valence electrons. The van der Waals surface area contributed by atoms with Crippen molar-refractivity contribution in [1.29, 1.82) is 0 Å². The molecule has 0 saturated heterocycles. The number of carbonyl (C=O) groups is 2. The largest absolute Gasteiger partial charge is 0.455 e. The molecule has 0 aliphatic rings. The van der Waals surface area contributed by atoms with Crippen LogP contribution in [0.4, 0.5) is 0 Å². The quantitative estimate of drug-likeness (QED) is 0.694. The fourth-order valence-corrected chi connectivity index (χ4v) is 2.79. The number of rotatable bonds is 6. The number of esters is 1. The molecule has 3 aromatic rings. The van der Waals surface area contributed by atoms with Crippen molar-refractivity contribution >= 4 is 22.8 Å². The first kappa shape index (κ1) is 17.7. The molecule has 0 spiro atoms. The molecule has 0 aliphatic carbocycles. The van der Waals surface area contributed by atoms with Gasteiger partial charge in [0.05, 0.1) is 6.42 Å². The Balaban J connectivity index is 1.50. The summed E-state index contributed by atoms with van der Waals surface area (Å²) in [7, 11) is 1.70. The Morgan fingerprint density at radius 3 is 2.58 bits per heavy atom. The van der Waals surface area contributed by atoms with Crippen LogP contribution in [-0.2, 0) is 27.3 Å². The third kappa shape index (κ3) is 4.30. The van der Waals surface area contributed by atoms with Gasteiger partial charge in [-0.3, -0.25) is 9.59 Å². The highest BCUT2D eigenvalue weighted by atomic mass is 16.5. The summed E-state index contributed by atoms with van der Waals surface area (Å²) < 4.78 is 5.16. The minimum absolute atomic E-state index is 0.138. The lowest BCUT2D eigenvalue weighted by atomic mass is 10.1. The van der Waals surface area contributed by atoms with Crippen LogP contribution in [0.3, 0.4) is 0 Å². The van der Waals surface area contributed by atoms with Crippen LogP contribution < -0.4 is 0 Å². The number of para-hydroxylation sites is 1. The smallest absolute Gasteiger partial charge is 0.310 e. The van der Waals surface area contributed by atoms with Gasteiger partial charge in [0, 0.05) is 30.7 Å². The molecule has 5 heteroatoms. The second-order valence-corrected chi connectivity index (χ2v) is 6.43. The highest BCUT2D eigenvalue weighted by molar-refractivity contribution is 5.88. The number of ether oxygens (including phenoxy) is 1. The summed E-state index contributed by atoms with van der Waals surface area (Å²) in [5.74, 6) is -0.635. The van der Waals surface area contributed by atoms with Gasteiger partial charge in [-0.05, 0) is 24.1 Å². The van der Waals surface area contributed by atoms with E-state index in [-0.39, 0.29) is 18.9 Å². The number of H-pyrrole nitrogens is 1. The van der Waals surface area contributed by atoms with Gasteiger partial charge in [0.25, 0.3) is 5.91 Å². The molecule has 1 N–H and O–H groups in total. The first-order valence-corrected chi connectivity index (χ1v) is 8.53. The molecular weight excluding hydrogens is 328 g/mol. The van der Waals surface area contributed by atoms with Crippen LogP contribution in [0.15, 0.2) is 54.7 Å². The number of likely N-dealkylation sites (N-methyl/N-ethyl adjacent to an activating group) is 1. The van der Waals surface area contributed by atoms with Crippen LogP contribution in [0.5, 0.6) is 0 Å². The second kappa shape index (κ2) is 7.87. The lowest BCUT2D eigenvalue weighted by Crippen LogP contribution is -2.31. The Bertz CT molecular complexity index is 912. The summed E-state index contributed by atoms with van der Waals surface area (Å²) in [6.45, 7) is 2.26. The molecule has 3 rings (SSSR count). The zero-order chi connectivity index (χ0) is 18.5. The van der Waals surface area contributed by atoms with E-state index in [9.17, 15) is 9.59 Å². The minimum atomic E-state index is -0.410. The predicted molar refractivity (Wildman–Crippen MR) is 101 cm³/mol. The Kier molecular flexibility index (Phi) is 5.37. The maximum absolute atomic E-state index is 12.2. The topological polar surface area (TPSA) is 62.4 Å². The number of benzene rings is 2. The Labute approximate surface area is 152 Å². The van der Waals surface area contributed by atoms with E-state index < -0.39 is 5.97 Å². The number of hydrogen-bond acceptors (Lipinski definition) is 3. The van der Waals surface area contributed by atoms with Crippen molar-refractivity contribution in [2.75, 3.05) is 13.7 Å². The minimum Gasteiger partial charge on any atom is -0.455 e. The summed E-state index contributed by atoms with van der Waals surface area (Å²) in [5.41, 5.74) is 4.06. The Morgan fingerprint density at radius 1 is 1.08 bits per heavy atom. The molecule has 0 bridgehead atoms. The zero-order valence-electron chi connectivity index (χ0n) is 15.0. The van der Waals surface area contributed by atoms with Crippen molar-refractivity contribution in [3.05, 3.63) is 71.4 Å². The van der Waals surface area contributed by atoms with E-state index in [1.54, 1.807) is 18.1 Å². The summed E-state index contributed by atoms with van der Waals surface area (Å²) in [6, 6.07) is 15.8. The molecule has 26 heavy (non-hydrogen) atoms. The van der Waals surface area contributed by atoms with E-state index >= 15 is 0 Å². The predicted octanol–water partition coefficient (Wildman–Crippen LogP) is 3.22. The molecule has 1 heterocycles. The van der Waals surface area contributed by atoms with Gasteiger partial charge in [0.15, 0.2) is 6.61 Å². The van der Waals surface area contributed by atoms with E-state index in [0.717, 1.165) is 22.0 Å². The number of fused-ring (bicyclic) bond motifs is 1. The number of aryl methyl sites for hydroxylation is 1. The highest BCUT2D eigenvalue weighted by Crippen LogP contribution is 2.18. The molecule has 0 radical (unpaired) electrons. The first-order valence-electron chi connectivity index (χ1n) is 8.53. The van der Waals surface area contributed by atoms with Crippen LogP contribution in [0.25, 0.3) is 10.9 Å². The van der Waals surface area contributed by atoms with Crippen LogP contribution in [-0.4, -0.2) is 35.4 Å². The summed E-state index contributed by atoms with van der Waals surface area (Å²) in [6.07, 6.45) is 1.94. The SMILES string of the molecule is Cc1ccc(CN(C)C(=O)COC(=O)Cc2c[nH]c3ccccc23)cc1. The van der Waals surface area contributed by atoms with E-state index in [0.29, 0.717) is 6.54 Å². The van der Waals surface area contributed by atoms with E-state index in [2.05, 4.69) is 4.98 Å². The number of carbonyl (C=O) groups excluding carboxylic acids is 2. The number of nitrogens with zero attached hydrogens (tertiary/aromatic N) is 1. The van der Waals surface area contributed by atoms with Crippen molar-refractivity contribution in [3.8, 4) is 0 Å². The lowest BCUT2D eigenvalue weighted by Gasteiger charge is -2.17. The number of hydrogen-bond donors (Lipinski definition) is 1. The summed E-state index contributed by atoms with van der Waals surface area (Å²) >= 11 is 0. The fraction of sp³-hybridized carbons (Fsp3) is 0.238. The Hall–Kier alpha value is -3.08. The molecule has 0 saturated carbocycles. The monoisotopic (exact) mass is 350 g/mol. The highest BCUT2D eigenvalue weighted by Gasteiger charge is 2.14. The zero-order valence-corrected chi connectivity index (χ0v) is 15.0. The Morgan fingerprint density at radius 2 is 1.81 bits per heavy atom. The van der Waals surface area contributed by atoms with Gasteiger partial charge in [0.2, 0.25) is 0 Å². The van der Waals surface area contributed by atoms with Gasteiger partial charge in [-0.15, -0.1) is 0 Å². The summed E-state index contributed by atoms with van der Waals surface area (Å²) in [4.78, 5) is 28.9. The average Bonchev–Trinajstić information content (AvgIpc) is 3.04. The molecule has 0 fully saturated rings. The molecule has 1 amide bonds. The van der Waals surface area contributed by atoms with Crippen molar-refractivity contribution < 1.29 is 14.3 Å². The van der Waals surface area contributed by atoms with E-state index in [1.165, 1.54) is 5.56 Å². The standard InChI is InChI=1S/C21H22N2O3/c1-15-7-9-16(10-8-15)13-23(2)20(24)14-26-21(25)11-17-12-22-19-6-4-3-5-18(17)19/h3-10,12,22H,11,13-14H2,1-2H3. The number of nitrogens with one attached hydrogen (secondary N) is 1. The average molecular weight is 350 g/mol. The van der Waals surface area contributed by atoms with Crippen LogP contribution in [0.2, 0.25) is 0 Å².